The number of nitrogens with two attached hydrogens (primary N) is 1. The Labute approximate surface area is 203 Å². The van der Waals surface area contributed by atoms with E-state index in [9.17, 15) is 9.18 Å². The molecular weight excluding hydrogens is 459 g/mol. The number of benzene rings is 2. The highest BCUT2D eigenvalue weighted by Crippen LogP contribution is 2.33. The summed E-state index contributed by atoms with van der Waals surface area (Å²) in [6.45, 7) is 2.59. The maximum Gasteiger partial charge on any atom is 0.163 e. The third kappa shape index (κ3) is 6.04. The van der Waals surface area contributed by atoms with Gasteiger partial charge in [0.2, 0.25) is 0 Å². The molecule has 1 heterocycles. The summed E-state index contributed by atoms with van der Waals surface area (Å²) in [6.07, 6.45) is 1.49. The summed E-state index contributed by atoms with van der Waals surface area (Å²) in [7, 11) is 3.07. The summed E-state index contributed by atoms with van der Waals surface area (Å²) in [5, 5.41) is -0.0109. The van der Waals surface area contributed by atoms with Gasteiger partial charge in [-0.1, -0.05) is 18.5 Å². The first kappa shape index (κ1) is 25.5. The molecule has 1 atom stereocenters. The van der Waals surface area contributed by atoms with E-state index in [1.807, 2.05) is 6.92 Å². The number of Topliss-reactive ketones (excluding diaryl/α,β-unsaturated/α-hetero) is 1. The second-order valence-electron chi connectivity index (χ2n) is 7.70. The molecule has 2 aromatic carbocycles. The first-order valence-electron chi connectivity index (χ1n) is 11.0. The summed E-state index contributed by atoms with van der Waals surface area (Å²) in [5.41, 5.74) is 8.57. The van der Waals surface area contributed by atoms with Crippen molar-refractivity contribution in [1.82, 2.24) is 4.98 Å². The van der Waals surface area contributed by atoms with Gasteiger partial charge in [0.1, 0.15) is 17.3 Å². The van der Waals surface area contributed by atoms with Crippen molar-refractivity contribution in [3.05, 3.63) is 70.6 Å². The number of hydrogen-bond acceptors (Lipinski definition) is 6. The van der Waals surface area contributed by atoms with Crippen LogP contribution in [0.3, 0.4) is 0 Å². The van der Waals surface area contributed by atoms with E-state index in [0.717, 1.165) is 6.42 Å². The SMILES string of the molecule is CCCOc1ccc(C(=O)CCC(N)c2ccc(OC)c(-c3ccc(F)c(Cl)c3)n2)cc1OC. The monoisotopic (exact) mass is 486 g/mol. The number of rotatable bonds is 11. The van der Waals surface area contributed by atoms with Gasteiger partial charge < -0.3 is 19.9 Å². The number of ketones is 1. The van der Waals surface area contributed by atoms with Crippen LogP contribution >= 0.6 is 11.6 Å². The van der Waals surface area contributed by atoms with Gasteiger partial charge in [-0.2, -0.15) is 0 Å². The molecule has 0 aliphatic rings. The fourth-order valence-electron chi connectivity index (χ4n) is 3.43. The average molecular weight is 487 g/mol. The van der Waals surface area contributed by atoms with Crippen molar-refractivity contribution < 1.29 is 23.4 Å². The minimum absolute atomic E-state index is 0.0109. The van der Waals surface area contributed by atoms with E-state index in [1.54, 1.807) is 43.5 Å². The highest BCUT2D eigenvalue weighted by atomic mass is 35.5. The van der Waals surface area contributed by atoms with Gasteiger partial charge in [0.15, 0.2) is 17.3 Å². The molecule has 0 radical (unpaired) electrons. The number of carbonyl (C=O) groups excluding carboxylic acids is 1. The van der Waals surface area contributed by atoms with Crippen LogP contribution in [-0.2, 0) is 0 Å². The zero-order valence-electron chi connectivity index (χ0n) is 19.4. The van der Waals surface area contributed by atoms with Crippen LogP contribution in [0.15, 0.2) is 48.5 Å². The van der Waals surface area contributed by atoms with E-state index in [4.69, 9.17) is 31.5 Å². The van der Waals surface area contributed by atoms with Crippen molar-refractivity contribution in [2.24, 2.45) is 5.73 Å². The predicted octanol–water partition coefficient (Wildman–Crippen LogP) is 6.01. The molecule has 1 unspecified atom stereocenters. The van der Waals surface area contributed by atoms with Crippen molar-refractivity contribution in [3.63, 3.8) is 0 Å². The van der Waals surface area contributed by atoms with Gasteiger partial charge in [0, 0.05) is 23.6 Å². The van der Waals surface area contributed by atoms with E-state index in [0.29, 0.717) is 52.8 Å². The van der Waals surface area contributed by atoms with E-state index in [-0.39, 0.29) is 17.2 Å². The van der Waals surface area contributed by atoms with Crippen LogP contribution in [0.5, 0.6) is 17.2 Å². The Balaban J connectivity index is 1.74. The molecule has 0 bridgehead atoms. The average Bonchev–Trinajstić information content (AvgIpc) is 2.86. The van der Waals surface area contributed by atoms with Gasteiger partial charge >= 0.3 is 0 Å². The summed E-state index contributed by atoms with van der Waals surface area (Å²) >= 11 is 5.94. The van der Waals surface area contributed by atoms with Crippen molar-refractivity contribution in [2.75, 3.05) is 20.8 Å². The van der Waals surface area contributed by atoms with Gasteiger partial charge in [-0.15, -0.1) is 0 Å². The Morgan fingerprint density at radius 3 is 2.47 bits per heavy atom. The minimum atomic E-state index is -0.516. The molecule has 0 aliphatic heterocycles. The Morgan fingerprint density at radius 2 is 1.79 bits per heavy atom. The smallest absolute Gasteiger partial charge is 0.163 e. The molecule has 34 heavy (non-hydrogen) atoms. The lowest BCUT2D eigenvalue weighted by molar-refractivity contribution is 0.0977. The van der Waals surface area contributed by atoms with E-state index in [1.165, 1.54) is 19.2 Å². The van der Waals surface area contributed by atoms with Crippen molar-refractivity contribution in [2.45, 2.75) is 32.2 Å². The van der Waals surface area contributed by atoms with Crippen molar-refractivity contribution in [3.8, 4) is 28.5 Å². The van der Waals surface area contributed by atoms with Crippen LogP contribution in [0.25, 0.3) is 11.3 Å². The van der Waals surface area contributed by atoms with Gasteiger partial charge in [0.05, 0.1) is 31.5 Å². The summed E-state index contributed by atoms with van der Waals surface area (Å²) in [4.78, 5) is 17.4. The van der Waals surface area contributed by atoms with Gasteiger partial charge in [-0.05, 0) is 61.4 Å². The third-order valence-electron chi connectivity index (χ3n) is 5.30. The standard InChI is InChI=1S/C26H28ClFN2O4/c1-4-13-34-23-11-6-16(15-25(23)33-3)22(31)10-8-20(29)21-9-12-24(32-2)26(30-21)17-5-7-19(28)18(27)14-17/h5-7,9,11-12,14-15,20H,4,8,10,13,29H2,1-3H3. The number of pyridine rings is 1. The van der Waals surface area contributed by atoms with E-state index >= 15 is 0 Å². The Hall–Kier alpha value is -3.16. The van der Waals surface area contributed by atoms with Crippen LogP contribution in [0.1, 0.15) is 48.3 Å². The molecule has 3 aromatic rings. The summed E-state index contributed by atoms with van der Waals surface area (Å²) < 4.78 is 30.0. The first-order valence-corrected chi connectivity index (χ1v) is 11.4. The highest BCUT2D eigenvalue weighted by Gasteiger charge is 2.17. The molecule has 6 nitrogen and oxygen atoms in total. The van der Waals surface area contributed by atoms with Crippen LogP contribution in [0.4, 0.5) is 4.39 Å². The van der Waals surface area contributed by atoms with Crippen molar-refractivity contribution in [1.29, 1.82) is 0 Å². The lowest BCUT2D eigenvalue weighted by Gasteiger charge is -2.15. The highest BCUT2D eigenvalue weighted by molar-refractivity contribution is 6.31. The number of nitrogens with zero attached hydrogens (tertiary/aromatic N) is 1. The number of methoxy groups -OCH3 is 2. The zero-order valence-corrected chi connectivity index (χ0v) is 20.2. The number of ether oxygens (including phenoxy) is 3. The van der Waals surface area contributed by atoms with Crippen LogP contribution in [-0.4, -0.2) is 31.6 Å². The summed E-state index contributed by atoms with van der Waals surface area (Å²) in [6, 6.07) is 12.5. The molecule has 1 aromatic heterocycles. The second kappa shape index (κ2) is 11.8. The topological polar surface area (TPSA) is 83.7 Å². The van der Waals surface area contributed by atoms with Crippen LogP contribution in [0.2, 0.25) is 5.02 Å². The fraction of sp³-hybridized carbons (Fsp3) is 0.308. The zero-order chi connectivity index (χ0) is 24.7. The van der Waals surface area contributed by atoms with Gasteiger partial charge in [-0.25, -0.2) is 9.37 Å². The number of halogens is 2. The molecule has 0 saturated carbocycles. The van der Waals surface area contributed by atoms with Gasteiger partial charge in [-0.3, -0.25) is 4.79 Å². The van der Waals surface area contributed by atoms with Crippen molar-refractivity contribution >= 4 is 17.4 Å². The molecule has 0 fully saturated rings. The maximum atomic E-state index is 13.6. The molecular formula is C26H28ClFN2O4. The summed E-state index contributed by atoms with van der Waals surface area (Å²) in [5.74, 6) is 1.05. The van der Waals surface area contributed by atoms with Crippen LogP contribution in [0, 0.1) is 5.82 Å². The lowest BCUT2D eigenvalue weighted by atomic mass is 10.0. The molecule has 180 valence electrons. The molecule has 2 N–H and O–H groups in total. The molecule has 0 aliphatic carbocycles. The molecule has 8 heteroatoms. The lowest BCUT2D eigenvalue weighted by Crippen LogP contribution is -2.14. The number of carbonyl (C=O) groups is 1. The number of aromatic nitrogens is 1. The van der Waals surface area contributed by atoms with Crippen LogP contribution < -0.4 is 19.9 Å². The first-order chi connectivity index (χ1) is 16.4. The largest absolute Gasteiger partial charge is 0.494 e. The van der Waals surface area contributed by atoms with E-state index in [2.05, 4.69) is 4.98 Å². The van der Waals surface area contributed by atoms with E-state index < -0.39 is 11.9 Å². The minimum Gasteiger partial charge on any atom is -0.494 e. The van der Waals surface area contributed by atoms with Gasteiger partial charge in [0.25, 0.3) is 0 Å². The Morgan fingerprint density at radius 1 is 1.06 bits per heavy atom. The second-order valence-corrected chi connectivity index (χ2v) is 8.11. The fourth-order valence-corrected chi connectivity index (χ4v) is 3.61. The quantitative estimate of drug-likeness (QED) is 0.334. The molecule has 0 saturated heterocycles. The molecule has 0 spiro atoms. The molecule has 3 rings (SSSR count). The predicted molar refractivity (Wildman–Crippen MR) is 130 cm³/mol. The maximum absolute atomic E-state index is 13.6. The Kier molecular flexibility index (Phi) is 8.85. The normalized spacial score (nSPS) is 11.7. The third-order valence-corrected chi connectivity index (χ3v) is 5.59. The Bertz CT molecular complexity index is 1160. The molecule has 0 amide bonds. The number of hydrogen-bond donors (Lipinski definition) is 1.